The van der Waals surface area contributed by atoms with E-state index in [2.05, 4.69) is 29.2 Å². The SMILES string of the molecule is Nc1c(-c2ccc3ccccc3c2)nc2c(Cl)cccn12. The zero-order valence-electron chi connectivity index (χ0n) is 11.1. The number of nitrogens with zero attached hydrogens (tertiary/aromatic N) is 2. The summed E-state index contributed by atoms with van der Waals surface area (Å²) in [5, 5.41) is 2.95. The number of nitrogen functional groups attached to an aromatic ring is 1. The molecule has 0 radical (unpaired) electrons. The highest BCUT2D eigenvalue weighted by atomic mass is 35.5. The van der Waals surface area contributed by atoms with Crippen LogP contribution in [0.1, 0.15) is 0 Å². The average molecular weight is 294 g/mol. The Hall–Kier alpha value is -2.52. The van der Waals surface area contributed by atoms with Gasteiger partial charge in [0.15, 0.2) is 5.65 Å². The monoisotopic (exact) mass is 293 g/mol. The van der Waals surface area contributed by atoms with E-state index in [1.807, 2.05) is 40.9 Å². The van der Waals surface area contributed by atoms with Crippen LogP contribution in [0.5, 0.6) is 0 Å². The molecule has 0 amide bonds. The lowest BCUT2D eigenvalue weighted by atomic mass is 10.1. The second-order valence-corrected chi connectivity index (χ2v) is 5.36. The summed E-state index contributed by atoms with van der Waals surface area (Å²) in [6, 6.07) is 18.1. The first kappa shape index (κ1) is 12.2. The molecule has 2 aromatic carbocycles. The predicted octanol–water partition coefficient (Wildman–Crippen LogP) is 4.39. The molecular weight excluding hydrogens is 282 g/mol. The molecule has 0 saturated heterocycles. The second kappa shape index (κ2) is 4.50. The highest BCUT2D eigenvalue weighted by Crippen LogP contribution is 2.31. The predicted molar refractivity (Wildman–Crippen MR) is 87.6 cm³/mol. The van der Waals surface area contributed by atoms with Crippen LogP contribution in [0.15, 0.2) is 60.8 Å². The summed E-state index contributed by atoms with van der Waals surface area (Å²) >= 11 is 6.19. The number of fused-ring (bicyclic) bond motifs is 2. The van der Waals surface area contributed by atoms with Crippen LogP contribution in [-0.2, 0) is 0 Å². The van der Waals surface area contributed by atoms with E-state index < -0.39 is 0 Å². The molecule has 2 N–H and O–H groups in total. The number of nitrogens with two attached hydrogens (primary N) is 1. The average Bonchev–Trinajstić information content (AvgIpc) is 2.86. The van der Waals surface area contributed by atoms with E-state index in [4.69, 9.17) is 17.3 Å². The van der Waals surface area contributed by atoms with Gasteiger partial charge in [0.05, 0.1) is 5.02 Å². The van der Waals surface area contributed by atoms with E-state index in [0.29, 0.717) is 16.5 Å². The Morgan fingerprint density at radius 2 is 1.76 bits per heavy atom. The van der Waals surface area contributed by atoms with Crippen molar-refractivity contribution in [2.24, 2.45) is 0 Å². The van der Waals surface area contributed by atoms with Crippen LogP contribution in [0, 0.1) is 0 Å². The molecule has 102 valence electrons. The van der Waals surface area contributed by atoms with Crippen LogP contribution in [-0.4, -0.2) is 9.38 Å². The summed E-state index contributed by atoms with van der Waals surface area (Å²) in [5.41, 5.74) is 8.66. The number of benzene rings is 2. The molecule has 0 aliphatic carbocycles. The van der Waals surface area contributed by atoms with Crippen molar-refractivity contribution in [1.29, 1.82) is 0 Å². The van der Waals surface area contributed by atoms with Crippen molar-refractivity contribution in [3.05, 3.63) is 65.8 Å². The zero-order chi connectivity index (χ0) is 14.4. The molecule has 4 heteroatoms. The summed E-state index contributed by atoms with van der Waals surface area (Å²) < 4.78 is 1.81. The molecule has 2 heterocycles. The molecule has 0 saturated carbocycles. The standard InChI is InChI=1S/C17H12ClN3/c18-14-6-3-9-21-16(19)15(20-17(14)21)13-8-7-11-4-1-2-5-12(11)10-13/h1-10H,19H2. The van der Waals surface area contributed by atoms with Gasteiger partial charge in [-0.2, -0.15) is 0 Å². The van der Waals surface area contributed by atoms with Crippen molar-refractivity contribution in [3.63, 3.8) is 0 Å². The largest absolute Gasteiger partial charge is 0.383 e. The number of imidazole rings is 1. The van der Waals surface area contributed by atoms with Gasteiger partial charge in [0.25, 0.3) is 0 Å². The minimum atomic E-state index is 0.594. The van der Waals surface area contributed by atoms with Crippen molar-refractivity contribution in [2.45, 2.75) is 0 Å². The number of anilines is 1. The quantitative estimate of drug-likeness (QED) is 0.565. The van der Waals surface area contributed by atoms with Crippen LogP contribution in [0.3, 0.4) is 0 Å². The molecule has 0 aliphatic rings. The van der Waals surface area contributed by atoms with E-state index in [-0.39, 0.29) is 0 Å². The molecular formula is C17H12ClN3. The van der Waals surface area contributed by atoms with Crippen molar-refractivity contribution in [1.82, 2.24) is 9.38 Å². The van der Waals surface area contributed by atoms with Crippen LogP contribution in [0.4, 0.5) is 5.82 Å². The van der Waals surface area contributed by atoms with Gasteiger partial charge in [-0.05, 0) is 29.0 Å². The Balaban J connectivity index is 1.99. The molecule has 0 spiro atoms. The first-order chi connectivity index (χ1) is 10.2. The lowest BCUT2D eigenvalue weighted by Crippen LogP contribution is -1.93. The van der Waals surface area contributed by atoms with Gasteiger partial charge in [-0.25, -0.2) is 4.98 Å². The minimum absolute atomic E-state index is 0.594. The van der Waals surface area contributed by atoms with Crippen LogP contribution >= 0.6 is 11.6 Å². The summed E-state index contributed by atoms with van der Waals surface area (Å²) in [6.45, 7) is 0. The number of rotatable bonds is 1. The highest BCUT2D eigenvalue weighted by Gasteiger charge is 2.13. The van der Waals surface area contributed by atoms with E-state index in [1.165, 1.54) is 5.39 Å². The van der Waals surface area contributed by atoms with Gasteiger partial charge >= 0.3 is 0 Å². The second-order valence-electron chi connectivity index (χ2n) is 4.96. The smallest absolute Gasteiger partial charge is 0.157 e. The van der Waals surface area contributed by atoms with Crippen molar-refractivity contribution in [2.75, 3.05) is 5.73 Å². The maximum atomic E-state index is 6.23. The maximum absolute atomic E-state index is 6.23. The Kier molecular flexibility index (Phi) is 2.62. The molecule has 4 rings (SSSR count). The number of hydrogen-bond acceptors (Lipinski definition) is 2. The van der Waals surface area contributed by atoms with Crippen LogP contribution in [0.25, 0.3) is 27.7 Å². The van der Waals surface area contributed by atoms with Crippen molar-refractivity contribution >= 4 is 33.8 Å². The van der Waals surface area contributed by atoms with Gasteiger partial charge in [-0.15, -0.1) is 0 Å². The van der Waals surface area contributed by atoms with Gasteiger partial charge in [0.2, 0.25) is 0 Å². The summed E-state index contributed by atoms with van der Waals surface area (Å²) in [5.74, 6) is 0.600. The molecule has 0 aliphatic heterocycles. The number of aromatic nitrogens is 2. The normalized spacial score (nSPS) is 11.3. The van der Waals surface area contributed by atoms with E-state index >= 15 is 0 Å². The third kappa shape index (κ3) is 1.86. The Morgan fingerprint density at radius 1 is 0.952 bits per heavy atom. The minimum Gasteiger partial charge on any atom is -0.383 e. The Labute approximate surface area is 126 Å². The Bertz CT molecular complexity index is 972. The lowest BCUT2D eigenvalue weighted by Gasteiger charge is -2.02. The maximum Gasteiger partial charge on any atom is 0.157 e. The fraction of sp³-hybridized carbons (Fsp3) is 0. The molecule has 21 heavy (non-hydrogen) atoms. The number of halogens is 1. The van der Waals surface area contributed by atoms with Crippen molar-refractivity contribution in [3.8, 4) is 11.3 Å². The fourth-order valence-electron chi connectivity index (χ4n) is 2.60. The topological polar surface area (TPSA) is 43.3 Å². The third-order valence-corrected chi connectivity index (χ3v) is 3.96. The first-order valence-electron chi connectivity index (χ1n) is 6.65. The van der Waals surface area contributed by atoms with Crippen LogP contribution in [0.2, 0.25) is 5.02 Å². The van der Waals surface area contributed by atoms with E-state index in [0.717, 1.165) is 16.6 Å². The van der Waals surface area contributed by atoms with Gasteiger partial charge in [0.1, 0.15) is 11.5 Å². The van der Waals surface area contributed by atoms with Crippen LogP contribution < -0.4 is 5.73 Å². The summed E-state index contributed by atoms with van der Waals surface area (Å²) in [7, 11) is 0. The summed E-state index contributed by atoms with van der Waals surface area (Å²) in [4.78, 5) is 4.59. The molecule has 0 atom stereocenters. The molecule has 4 aromatic rings. The third-order valence-electron chi connectivity index (χ3n) is 3.66. The number of hydrogen-bond donors (Lipinski definition) is 1. The van der Waals surface area contributed by atoms with E-state index in [1.54, 1.807) is 0 Å². The lowest BCUT2D eigenvalue weighted by molar-refractivity contribution is 1.20. The molecule has 3 nitrogen and oxygen atoms in total. The van der Waals surface area contributed by atoms with Gasteiger partial charge in [-0.3, -0.25) is 4.40 Å². The molecule has 2 aromatic heterocycles. The van der Waals surface area contributed by atoms with Gasteiger partial charge in [0, 0.05) is 11.8 Å². The van der Waals surface area contributed by atoms with Gasteiger partial charge < -0.3 is 5.73 Å². The Morgan fingerprint density at radius 3 is 2.57 bits per heavy atom. The zero-order valence-corrected chi connectivity index (χ0v) is 11.9. The first-order valence-corrected chi connectivity index (χ1v) is 7.03. The molecule has 0 unspecified atom stereocenters. The molecule has 0 fully saturated rings. The van der Waals surface area contributed by atoms with Gasteiger partial charge in [-0.1, -0.05) is 48.0 Å². The summed E-state index contributed by atoms with van der Waals surface area (Å²) in [6.07, 6.45) is 1.87. The highest BCUT2D eigenvalue weighted by molar-refractivity contribution is 6.33. The molecule has 0 bridgehead atoms. The number of pyridine rings is 1. The fourth-order valence-corrected chi connectivity index (χ4v) is 2.81. The van der Waals surface area contributed by atoms with Crippen molar-refractivity contribution < 1.29 is 0 Å². The van der Waals surface area contributed by atoms with E-state index in [9.17, 15) is 0 Å².